The highest BCUT2D eigenvalue weighted by molar-refractivity contribution is 5.85. The molecule has 0 saturated carbocycles. The number of nitrogens with zero attached hydrogens (tertiary/aromatic N) is 2. The van der Waals surface area contributed by atoms with Gasteiger partial charge in [0.1, 0.15) is 0 Å². The molecule has 3 rings (SSSR count). The van der Waals surface area contributed by atoms with Crippen LogP contribution in [0, 0.1) is 0 Å². The lowest BCUT2D eigenvalue weighted by Crippen LogP contribution is -2.46. The van der Waals surface area contributed by atoms with Gasteiger partial charge in [0.05, 0.1) is 6.54 Å². The topological polar surface area (TPSA) is 56.4 Å². The summed E-state index contributed by atoms with van der Waals surface area (Å²) < 4.78 is 0. The molecule has 0 unspecified atom stereocenters. The van der Waals surface area contributed by atoms with Crippen molar-refractivity contribution >= 4 is 22.7 Å². The first-order chi connectivity index (χ1) is 16.5. The fourth-order valence-corrected chi connectivity index (χ4v) is 4.34. The van der Waals surface area contributed by atoms with Gasteiger partial charge in [-0.1, -0.05) is 74.7 Å². The molecule has 0 bridgehead atoms. The van der Waals surface area contributed by atoms with Gasteiger partial charge in [-0.15, -0.1) is 0 Å². The van der Waals surface area contributed by atoms with Crippen LogP contribution in [0.3, 0.4) is 0 Å². The van der Waals surface area contributed by atoms with E-state index in [1.807, 2.05) is 67.4 Å². The van der Waals surface area contributed by atoms with Gasteiger partial charge in [0.25, 0.3) is 0 Å². The fourth-order valence-electron chi connectivity index (χ4n) is 4.34. The van der Waals surface area contributed by atoms with Gasteiger partial charge in [-0.2, -0.15) is 0 Å². The van der Waals surface area contributed by atoms with Crippen LogP contribution in [-0.2, 0) is 22.6 Å². The predicted molar refractivity (Wildman–Crippen MR) is 139 cm³/mol. The van der Waals surface area contributed by atoms with Crippen molar-refractivity contribution in [3.63, 3.8) is 0 Å². The van der Waals surface area contributed by atoms with E-state index in [9.17, 15) is 9.59 Å². The SMILES string of the molecule is CCCCCCC(=O)N(CC(=O)N(CCc1c[nH]c2ccccc12)Cc1ccccc1)C(C)C. The second-order valence-corrected chi connectivity index (χ2v) is 9.34. The van der Waals surface area contributed by atoms with E-state index in [2.05, 4.69) is 24.0 Å². The number of para-hydroxylation sites is 1. The second-order valence-electron chi connectivity index (χ2n) is 9.34. The van der Waals surface area contributed by atoms with E-state index in [0.29, 0.717) is 19.5 Å². The van der Waals surface area contributed by atoms with Crippen molar-refractivity contribution in [3.8, 4) is 0 Å². The number of aromatic amines is 1. The normalized spacial score (nSPS) is 11.2. The molecule has 1 aromatic heterocycles. The monoisotopic (exact) mass is 461 g/mol. The van der Waals surface area contributed by atoms with Crippen LogP contribution in [0.25, 0.3) is 10.9 Å². The zero-order valence-electron chi connectivity index (χ0n) is 20.9. The Bertz CT molecular complexity index is 1040. The van der Waals surface area contributed by atoms with E-state index >= 15 is 0 Å². The molecular weight excluding hydrogens is 422 g/mol. The Morgan fingerprint density at radius 3 is 2.38 bits per heavy atom. The molecule has 0 saturated heterocycles. The second kappa shape index (κ2) is 13.0. The third-order valence-electron chi connectivity index (χ3n) is 6.39. The maximum atomic E-state index is 13.5. The van der Waals surface area contributed by atoms with Crippen LogP contribution in [0.2, 0.25) is 0 Å². The lowest BCUT2D eigenvalue weighted by atomic mass is 10.1. The molecule has 0 aliphatic rings. The summed E-state index contributed by atoms with van der Waals surface area (Å²) in [5.41, 5.74) is 3.41. The Labute approximate surface area is 204 Å². The fraction of sp³-hybridized carbons (Fsp3) is 0.448. The first-order valence-corrected chi connectivity index (χ1v) is 12.7. The number of carbonyl (C=O) groups excluding carboxylic acids is 2. The summed E-state index contributed by atoms with van der Waals surface area (Å²) >= 11 is 0. The molecule has 0 radical (unpaired) electrons. The molecule has 0 atom stereocenters. The number of hydrogen-bond acceptors (Lipinski definition) is 2. The third kappa shape index (κ3) is 7.21. The predicted octanol–water partition coefficient (Wildman–Crippen LogP) is 5.95. The highest BCUT2D eigenvalue weighted by Gasteiger charge is 2.23. The molecule has 5 heteroatoms. The summed E-state index contributed by atoms with van der Waals surface area (Å²) in [6, 6.07) is 18.3. The van der Waals surface area contributed by atoms with Crippen LogP contribution < -0.4 is 0 Å². The van der Waals surface area contributed by atoms with E-state index < -0.39 is 0 Å². The summed E-state index contributed by atoms with van der Waals surface area (Å²) in [5.74, 6) is 0.0787. The van der Waals surface area contributed by atoms with Crippen molar-refractivity contribution in [2.24, 2.45) is 0 Å². The van der Waals surface area contributed by atoms with Crippen LogP contribution in [0.4, 0.5) is 0 Å². The molecule has 0 spiro atoms. The number of aromatic nitrogens is 1. The molecule has 34 heavy (non-hydrogen) atoms. The van der Waals surface area contributed by atoms with Gasteiger partial charge >= 0.3 is 0 Å². The Morgan fingerprint density at radius 1 is 0.912 bits per heavy atom. The third-order valence-corrected chi connectivity index (χ3v) is 6.39. The smallest absolute Gasteiger partial charge is 0.242 e. The molecule has 3 aromatic rings. The minimum absolute atomic E-state index is 0.000646. The van der Waals surface area contributed by atoms with Gasteiger partial charge in [0.15, 0.2) is 0 Å². The van der Waals surface area contributed by atoms with E-state index in [1.165, 1.54) is 10.9 Å². The van der Waals surface area contributed by atoms with Gasteiger partial charge in [0.2, 0.25) is 11.8 Å². The van der Waals surface area contributed by atoms with E-state index in [4.69, 9.17) is 0 Å². The highest BCUT2D eigenvalue weighted by Crippen LogP contribution is 2.19. The van der Waals surface area contributed by atoms with Crippen LogP contribution in [-0.4, -0.2) is 45.7 Å². The van der Waals surface area contributed by atoms with Crippen molar-refractivity contribution in [1.82, 2.24) is 14.8 Å². The van der Waals surface area contributed by atoms with E-state index in [1.54, 1.807) is 4.90 Å². The summed E-state index contributed by atoms with van der Waals surface area (Å²) in [7, 11) is 0. The molecule has 0 fully saturated rings. The molecule has 1 heterocycles. The van der Waals surface area contributed by atoms with E-state index in [0.717, 1.165) is 43.2 Å². The molecule has 2 amide bonds. The molecule has 0 aliphatic heterocycles. The number of benzene rings is 2. The Kier molecular flexibility index (Phi) is 9.75. The first-order valence-electron chi connectivity index (χ1n) is 12.7. The zero-order chi connectivity index (χ0) is 24.3. The number of fused-ring (bicyclic) bond motifs is 1. The number of nitrogens with one attached hydrogen (secondary N) is 1. The number of H-pyrrole nitrogens is 1. The van der Waals surface area contributed by atoms with Crippen molar-refractivity contribution < 1.29 is 9.59 Å². The van der Waals surface area contributed by atoms with Crippen molar-refractivity contribution in [2.75, 3.05) is 13.1 Å². The molecule has 5 nitrogen and oxygen atoms in total. The molecule has 1 N–H and O–H groups in total. The van der Waals surface area contributed by atoms with Gasteiger partial charge in [-0.05, 0) is 43.9 Å². The average molecular weight is 462 g/mol. The summed E-state index contributed by atoms with van der Waals surface area (Å²) in [6.07, 6.45) is 7.55. The zero-order valence-corrected chi connectivity index (χ0v) is 20.9. The first kappa shape index (κ1) is 25.5. The van der Waals surface area contributed by atoms with Crippen LogP contribution >= 0.6 is 0 Å². The average Bonchev–Trinajstić information content (AvgIpc) is 3.26. The molecule has 0 aliphatic carbocycles. The maximum absolute atomic E-state index is 13.5. The Morgan fingerprint density at radius 2 is 1.65 bits per heavy atom. The standard InChI is InChI=1S/C29H39N3O2/c1-4-5-6-10-17-28(33)32(23(2)3)22-29(34)31(21-24-13-8-7-9-14-24)19-18-25-20-30-27-16-12-11-15-26(25)27/h7-9,11-16,20,23,30H,4-6,10,17-19,21-22H2,1-3H3. The van der Waals surface area contributed by atoms with Gasteiger partial charge in [0, 0.05) is 42.7 Å². The highest BCUT2D eigenvalue weighted by atomic mass is 16.2. The quantitative estimate of drug-likeness (QED) is 0.320. The minimum Gasteiger partial charge on any atom is -0.361 e. The summed E-state index contributed by atoms with van der Waals surface area (Å²) in [4.78, 5) is 33.4. The Hall–Kier alpha value is -3.08. The van der Waals surface area contributed by atoms with E-state index in [-0.39, 0.29) is 24.4 Å². The van der Waals surface area contributed by atoms with Gasteiger partial charge < -0.3 is 14.8 Å². The van der Waals surface area contributed by atoms with Gasteiger partial charge in [-0.25, -0.2) is 0 Å². The van der Waals surface area contributed by atoms with Crippen molar-refractivity contribution in [2.45, 2.75) is 71.9 Å². The van der Waals surface area contributed by atoms with Crippen molar-refractivity contribution in [1.29, 1.82) is 0 Å². The number of rotatable bonds is 13. The number of carbonyl (C=O) groups is 2. The largest absolute Gasteiger partial charge is 0.361 e. The summed E-state index contributed by atoms with van der Waals surface area (Å²) in [5, 5.41) is 1.20. The van der Waals surface area contributed by atoms with Crippen molar-refractivity contribution in [3.05, 3.63) is 71.9 Å². The molecule has 182 valence electrons. The number of amides is 2. The lowest BCUT2D eigenvalue weighted by molar-refractivity contribution is -0.142. The number of hydrogen-bond donors (Lipinski definition) is 1. The van der Waals surface area contributed by atoms with Crippen LogP contribution in [0.5, 0.6) is 0 Å². The maximum Gasteiger partial charge on any atom is 0.242 e. The molecular formula is C29H39N3O2. The number of unbranched alkanes of at least 4 members (excludes halogenated alkanes) is 3. The lowest BCUT2D eigenvalue weighted by Gasteiger charge is -2.30. The van der Waals surface area contributed by atoms with Crippen LogP contribution in [0.15, 0.2) is 60.8 Å². The summed E-state index contributed by atoms with van der Waals surface area (Å²) in [6.45, 7) is 7.42. The van der Waals surface area contributed by atoms with Gasteiger partial charge in [-0.3, -0.25) is 9.59 Å². The Balaban J connectivity index is 1.70. The minimum atomic E-state index is -0.00480. The van der Waals surface area contributed by atoms with Crippen LogP contribution in [0.1, 0.15) is 64.0 Å². The molecule has 2 aromatic carbocycles.